The molecule has 2 aliphatic rings. The number of nitro groups is 1. The van der Waals surface area contributed by atoms with Crippen LogP contribution < -0.4 is 10.2 Å². The van der Waals surface area contributed by atoms with Gasteiger partial charge in [-0.05, 0) is 44.5 Å². The number of amides is 3. The van der Waals surface area contributed by atoms with E-state index in [9.17, 15) is 24.5 Å². The molecule has 0 spiro atoms. The van der Waals surface area contributed by atoms with Crippen molar-refractivity contribution in [2.75, 3.05) is 16.8 Å². The number of para-hydroxylation sites is 1. The minimum absolute atomic E-state index is 0.00994. The van der Waals surface area contributed by atoms with Gasteiger partial charge in [-0.3, -0.25) is 29.4 Å². The number of carbonyl (C=O) groups excluding carboxylic acids is 3. The minimum Gasteiger partial charge on any atom is -0.315 e. The summed E-state index contributed by atoms with van der Waals surface area (Å²) in [7, 11) is 0. The summed E-state index contributed by atoms with van der Waals surface area (Å²) in [6, 6.07) is 14.6. The second-order valence-electron chi connectivity index (χ2n) is 9.07. The summed E-state index contributed by atoms with van der Waals surface area (Å²) in [5.41, 5.74) is 1.38. The van der Waals surface area contributed by atoms with Crippen molar-refractivity contribution in [1.29, 1.82) is 0 Å². The Balaban J connectivity index is 1.34. The number of nitrogens with zero attached hydrogens (tertiary/aromatic N) is 5. The first-order chi connectivity index (χ1) is 17.2. The van der Waals surface area contributed by atoms with Crippen LogP contribution in [-0.4, -0.2) is 49.5 Å². The third-order valence-corrected chi connectivity index (χ3v) is 6.71. The van der Waals surface area contributed by atoms with Crippen LogP contribution in [0.25, 0.3) is 5.69 Å². The van der Waals surface area contributed by atoms with Crippen molar-refractivity contribution in [3.05, 3.63) is 76.0 Å². The zero-order valence-electron chi connectivity index (χ0n) is 19.8. The Kier molecular flexibility index (Phi) is 5.54. The molecule has 0 saturated carbocycles. The van der Waals surface area contributed by atoms with Crippen molar-refractivity contribution in [2.45, 2.75) is 38.8 Å². The van der Waals surface area contributed by atoms with Gasteiger partial charge in [0.2, 0.25) is 11.8 Å². The number of hydrogen-bond acceptors (Lipinski definition) is 6. The number of rotatable bonds is 6. The Morgan fingerprint density at radius 2 is 1.89 bits per heavy atom. The lowest BCUT2D eigenvalue weighted by Crippen LogP contribution is -2.62. The summed E-state index contributed by atoms with van der Waals surface area (Å²) < 4.78 is 1.50. The van der Waals surface area contributed by atoms with Crippen LogP contribution in [-0.2, 0) is 9.59 Å². The fourth-order valence-electron chi connectivity index (χ4n) is 4.96. The fourth-order valence-corrected chi connectivity index (χ4v) is 4.96. The van der Waals surface area contributed by atoms with E-state index in [1.165, 1.54) is 16.8 Å². The topological polar surface area (TPSA) is 131 Å². The lowest BCUT2D eigenvalue weighted by atomic mass is 9.98. The summed E-state index contributed by atoms with van der Waals surface area (Å²) >= 11 is 0. The van der Waals surface area contributed by atoms with Crippen molar-refractivity contribution in [1.82, 2.24) is 14.7 Å². The highest BCUT2D eigenvalue weighted by Crippen LogP contribution is 2.44. The standard InChI is InChI=1S/C25H24N6O5/c1-16-15-21(30(27-16)17-7-9-18(10-8-17)31(35)36)26-22(32)12-14-28-24(34)19-5-3-4-6-20(19)29-23(33)11-13-25(28,29)2/h3-10,15H,11-14H2,1-2H3,(H,26,32). The molecule has 0 aliphatic carbocycles. The molecule has 0 radical (unpaired) electrons. The number of nitro benzene ring substituents is 1. The van der Waals surface area contributed by atoms with Gasteiger partial charge in [0, 0.05) is 37.6 Å². The molecule has 3 aromatic rings. The molecule has 1 N–H and O–H groups in total. The molecular weight excluding hydrogens is 464 g/mol. The van der Waals surface area contributed by atoms with E-state index in [0.717, 1.165) is 0 Å². The Labute approximate surface area is 206 Å². The van der Waals surface area contributed by atoms with Crippen molar-refractivity contribution >= 4 is 34.9 Å². The fraction of sp³-hybridized carbons (Fsp3) is 0.280. The molecule has 1 fully saturated rings. The van der Waals surface area contributed by atoms with E-state index in [-0.39, 0.29) is 36.4 Å². The van der Waals surface area contributed by atoms with Crippen LogP contribution in [0.5, 0.6) is 0 Å². The second kappa shape index (κ2) is 8.59. The van der Waals surface area contributed by atoms with Gasteiger partial charge in [0.15, 0.2) is 0 Å². The van der Waals surface area contributed by atoms with Crippen LogP contribution in [0.2, 0.25) is 0 Å². The Bertz CT molecular complexity index is 1400. The summed E-state index contributed by atoms with van der Waals surface area (Å²) in [6.07, 6.45) is 0.824. The van der Waals surface area contributed by atoms with Crippen molar-refractivity contribution in [3.8, 4) is 5.69 Å². The van der Waals surface area contributed by atoms with E-state index in [1.807, 2.05) is 6.92 Å². The molecule has 36 heavy (non-hydrogen) atoms. The molecule has 11 heteroatoms. The Morgan fingerprint density at radius 3 is 2.61 bits per heavy atom. The minimum atomic E-state index is -0.833. The lowest BCUT2D eigenvalue weighted by molar-refractivity contribution is -0.384. The third kappa shape index (κ3) is 3.78. The van der Waals surface area contributed by atoms with Crippen LogP contribution in [0, 0.1) is 17.0 Å². The number of anilines is 2. The zero-order valence-corrected chi connectivity index (χ0v) is 19.8. The van der Waals surface area contributed by atoms with Gasteiger partial charge in [0.1, 0.15) is 11.5 Å². The highest BCUT2D eigenvalue weighted by Gasteiger charge is 2.52. The third-order valence-electron chi connectivity index (χ3n) is 6.71. The van der Waals surface area contributed by atoms with E-state index < -0.39 is 10.6 Å². The van der Waals surface area contributed by atoms with E-state index in [2.05, 4.69) is 10.4 Å². The summed E-state index contributed by atoms with van der Waals surface area (Å²) in [4.78, 5) is 52.7. The number of aryl methyl sites for hydroxylation is 1. The second-order valence-corrected chi connectivity index (χ2v) is 9.07. The number of carbonyl (C=O) groups is 3. The van der Waals surface area contributed by atoms with Gasteiger partial charge in [-0.2, -0.15) is 5.10 Å². The van der Waals surface area contributed by atoms with Gasteiger partial charge in [-0.25, -0.2) is 4.68 Å². The molecule has 3 heterocycles. The normalized spacial score (nSPS) is 18.7. The number of nitrogens with one attached hydrogen (secondary N) is 1. The SMILES string of the molecule is Cc1cc(NC(=O)CCN2C(=O)c3ccccc3N3C(=O)CCC23C)n(-c2ccc([N+](=O)[O-])cc2)n1. The van der Waals surface area contributed by atoms with Crippen LogP contribution in [0.1, 0.15) is 42.2 Å². The maximum Gasteiger partial charge on any atom is 0.269 e. The average molecular weight is 489 g/mol. The summed E-state index contributed by atoms with van der Waals surface area (Å²) in [5.74, 6) is -0.178. The molecule has 5 rings (SSSR count). The number of aromatic nitrogens is 2. The molecule has 0 bridgehead atoms. The zero-order chi connectivity index (χ0) is 25.6. The molecule has 11 nitrogen and oxygen atoms in total. The van der Waals surface area contributed by atoms with E-state index in [0.29, 0.717) is 41.3 Å². The summed E-state index contributed by atoms with van der Waals surface area (Å²) in [6.45, 7) is 3.76. The molecule has 184 valence electrons. The van der Waals surface area contributed by atoms with Gasteiger partial charge in [-0.1, -0.05) is 12.1 Å². The highest BCUT2D eigenvalue weighted by molar-refractivity contribution is 6.10. The number of non-ortho nitro benzene ring substituents is 1. The smallest absolute Gasteiger partial charge is 0.269 e. The van der Waals surface area contributed by atoms with Crippen molar-refractivity contribution < 1.29 is 19.3 Å². The van der Waals surface area contributed by atoms with Crippen molar-refractivity contribution in [2.24, 2.45) is 0 Å². The first kappa shape index (κ1) is 23.2. The molecule has 1 unspecified atom stereocenters. The van der Waals surface area contributed by atoms with Gasteiger partial charge in [-0.15, -0.1) is 0 Å². The molecule has 1 saturated heterocycles. The van der Waals surface area contributed by atoms with E-state index in [4.69, 9.17) is 0 Å². The quantitative estimate of drug-likeness (QED) is 0.418. The van der Waals surface area contributed by atoms with Crippen LogP contribution in [0.3, 0.4) is 0 Å². The first-order valence-electron chi connectivity index (χ1n) is 11.5. The predicted octanol–water partition coefficient (Wildman–Crippen LogP) is 3.42. The Morgan fingerprint density at radius 1 is 1.17 bits per heavy atom. The van der Waals surface area contributed by atoms with Gasteiger partial charge < -0.3 is 10.2 Å². The molecule has 1 aromatic heterocycles. The first-order valence-corrected chi connectivity index (χ1v) is 11.5. The maximum atomic E-state index is 13.4. The number of fused-ring (bicyclic) bond motifs is 3. The van der Waals surface area contributed by atoms with Gasteiger partial charge in [0.05, 0.1) is 27.6 Å². The van der Waals surface area contributed by atoms with Crippen LogP contribution in [0.4, 0.5) is 17.2 Å². The molecule has 2 aromatic carbocycles. The van der Waals surface area contributed by atoms with E-state index in [1.54, 1.807) is 59.2 Å². The monoisotopic (exact) mass is 488 g/mol. The Hall–Kier alpha value is -4.54. The molecule has 2 aliphatic heterocycles. The molecular formula is C25H24N6O5. The van der Waals surface area contributed by atoms with Crippen LogP contribution in [0.15, 0.2) is 54.6 Å². The maximum absolute atomic E-state index is 13.4. The predicted molar refractivity (Wildman–Crippen MR) is 131 cm³/mol. The largest absolute Gasteiger partial charge is 0.315 e. The summed E-state index contributed by atoms with van der Waals surface area (Å²) in [5, 5.41) is 18.2. The lowest BCUT2D eigenvalue weighted by Gasteiger charge is -2.48. The molecule has 3 amide bonds. The van der Waals surface area contributed by atoms with Crippen molar-refractivity contribution in [3.63, 3.8) is 0 Å². The van der Waals surface area contributed by atoms with E-state index >= 15 is 0 Å². The van der Waals surface area contributed by atoms with Crippen LogP contribution >= 0.6 is 0 Å². The number of hydrogen-bond donors (Lipinski definition) is 1. The average Bonchev–Trinajstić information content (AvgIpc) is 3.37. The van der Waals surface area contributed by atoms with Gasteiger partial charge in [0.25, 0.3) is 11.6 Å². The highest BCUT2D eigenvalue weighted by atomic mass is 16.6. The molecule has 1 atom stereocenters. The number of benzene rings is 2. The van der Waals surface area contributed by atoms with Gasteiger partial charge >= 0.3 is 0 Å².